The Morgan fingerprint density at radius 2 is 1.44 bits per heavy atom. The highest BCUT2D eigenvalue weighted by molar-refractivity contribution is 7.92. The first-order valence-electron chi connectivity index (χ1n) is 9.50. The third-order valence-corrected chi connectivity index (χ3v) is 6.26. The van der Waals surface area contributed by atoms with E-state index in [4.69, 9.17) is 32.7 Å². The number of hydrogen-bond donors (Lipinski definition) is 2. The molecule has 1 amide bonds. The van der Waals surface area contributed by atoms with E-state index in [2.05, 4.69) is 10.0 Å². The molecule has 10 heteroatoms. The summed E-state index contributed by atoms with van der Waals surface area (Å²) < 4.78 is 38.3. The van der Waals surface area contributed by atoms with Gasteiger partial charge < -0.3 is 14.8 Å². The number of benzene rings is 3. The molecule has 0 aliphatic carbocycles. The highest BCUT2D eigenvalue weighted by Crippen LogP contribution is 2.27. The minimum Gasteiger partial charge on any atom is -0.494 e. The number of rotatable bonds is 9. The van der Waals surface area contributed by atoms with E-state index in [0.29, 0.717) is 28.8 Å². The Kier molecular flexibility index (Phi) is 7.84. The van der Waals surface area contributed by atoms with Gasteiger partial charge in [-0.2, -0.15) is 0 Å². The summed E-state index contributed by atoms with van der Waals surface area (Å²) in [6, 6.07) is 17.1. The number of anilines is 2. The van der Waals surface area contributed by atoms with Crippen molar-refractivity contribution in [2.24, 2.45) is 0 Å². The molecule has 2 N–H and O–H groups in total. The number of carbonyl (C=O) groups excluding carboxylic acids is 1. The van der Waals surface area contributed by atoms with Crippen molar-refractivity contribution >= 4 is 50.5 Å². The lowest BCUT2D eigenvalue weighted by Gasteiger charge is -2.11. The van der Waals surface area contributed by atoms with E-state index in [1.54, 1.807) is 24.3 Å². The van der Waals surface area contributed by atoms with E-state index in [1.165, 1.54) is 42.5 Å². The van der Waals surface area contributed by atoms with Crippen molar-refractivity contribution in [1.29, 1.82) is 0 Å². The van der Waals surface area contributed by atoms with Gasteiger partial charge in [0.05, 0.1) is 27.2 Å². The monoisotopic (exact) mass is 494 g/mol. The summed E-state index contributed by atoms with van der Waals surface area (Å²) in [7, 11) is -3.84. The molecule has 0 fully saturated rings. The minimum atomic E-state index is -3.84. The van der Waals surface area contributed by atoms with Gasteiger partial charge in [-0.1, -0.05) is 23.2 Å². The van der Waals surface area contributed by atoms with Gasteiger partial charge in [0.25, 0.3) is 15.9 Å². The largest absolute Gasteiger partial charge is 0.494 e. The summed E-state index contributed by atoms with van der Waals surface area (Å²) in [5.41, 5.74) is 0.891. The number of halogens is 2. The average molecular weight is 495 g/mol. The van der Waals surface area contributed by atoms with Gasteiger partial charge in [-0.25, -0.2) is 8.42 Å². The molecular formula is C22H20Cl2N2O5S. The fraction of sp³-hybridized carbons (Fsp3) is 0.136. The Bertz CT molecular complexity index is 1180. The van der Waals surface area contributed by atoms with Gasteiger partial charge in [-0.15, -0.1) is 0 Å². The van der Waals surface area contributed by atoms with Gasteiger partial charge in [0.2, 0.25) is 0 Å². The highest BCUT2D eigenvalue weighted by Gasteiger charge is 2.15. The van der Waals surface area contributed by atoms with Gasteiger partial charge in [0.1, 0.15) is 11.5 Å². The number of carbonyl (C=O) groups is 1. The first-order valence-corrected chi connectivity index (χ1v) is 11.7. The topological polar surface area (TPSA) is 93.7 Å². The van der Waals surface area contributed by atoms with Crippen LogP contribution in [0.25, 0.3) is 0 Å². The molecule has 0 unspecified atom stereocenters. The molecular weight excluding hydrogens is 475 g/mol. The van der Waals surface area contributed by atoms with E-state index >= 15 is 0 Å². The number of amides is 1. The molecule has 0 aliphatic rings. The molecule has 3 rings (SSSR count). The van der Waals surface area contributed by atoms with Crippen LogP contribution in [0.15, 0.2) is 71.6 Å². The Labute approximate surface area is 196 Å². The summed E-state index contributed by atoms with van der Waals surface area (Å²) in [4.78, 5) is 12.1. The van der Waals surface area contributed by atoms with Gasteiger partial charge in [0.15, 0.2) is 6.61 Å². The third kappa shape index (κ3) is 6.53. The molecule has 0 aliphatic heterocycles. The SMILES string of the molecule is CCOc1ccc(NC(=O)COc2ccc(S(=O)(=O)Nc3ccc(Cl)c(Cl)c3)cc2)cc1. The first-order chi connectivity index (χ1) is 15.3. The van der Waals surface area contributed by atoms with Gasteiger partial charge >= 0.3 is 0 Å². The van der Waals surface area contributed by atoms with Crippen LogP contribution < -0.4 is 19.5 Å². The molecule has 3 aromatic carbocycles. The summed E-state index contributed by atoms with van der Waals surface area (Å²) in [5, 5.41) is 3.26. The lowest BCUT2D eigenvalue weighted by molar-refractivity contribution is -0.118. The molecule has 32 heavy (non-hydrogen) atoms. The Balaban J connectivity index is 1.55. The second-order valence-corrected chi connectivity index (χ2v) is 9.00. The van der Waals surface area contributed by atoms with Crippen LogP contribution in [0.4, 0.5) is 11.4 Å². The number of nitrogens with one attached hydrogen (secondary N) is 2. The fourth-order valence-corrected chi connectivity index (χ4v) is 3.98. The zero-order valence-corrected chi connectivity index (χ0v) is 19.3. The van der Waals surface area contributed by atoms with Crippen molar-refractivity contribution in [3.8, 4) is 11.5 Å². The van der Waals surface area contributed by atoms with Crippen LogP contribution in [0.2, 0.25) is 10.0 Å². The predicted molar refractivity (Wildman–Crippen MR) is 125 cm³/mol. The molecule has 168 valence electrons. The zero-order chi connectivity index (χ0) is 23.1. The van der Waals surface area contributed by atoms with Crippen LogP contribution in [0, 0.1) is 0 Å². The van der Waals surface area contributed by atoms with E-state index < -0.39 is 10.0 Å². The van der Waals surface area contributed by atoms with Crippen LogP contribution in [0.3, 0.4) is 0 Å². The first kappa shape index (κ1) is 23.7. The van der Waals surface area contributed by atoms with Crippen LogP contribution in [0.5, 0.6) is 11.5 Å². The smallest absolute Gasteiger partial charge is 0.262 e. The second-order valence-electron chi connectivity index (χ2n) is 6.50. The van der Waals surface area contributed by atoms with Crippen molar-refractivity contribution in [3.05, 3.63) is 76.8 Å². The highest BCUT2D eigenvalue weighted by atomic mass is 35.5. The molecule has 7 nitrogen and oxygen atoms in total. The van der Waals surface area contributed by atoms with E-state index in [-0.39, 0.29) is 28.1 Å². The van der Waals surface area contributed by atoms with Crippen molar-refractivity contribution in [1.82, 2.24) is 0 Å². The molecule has 3 aromatic rings. The summed E-state index contributed by atoms with van der Waals surface area (Å²) in [6.07, 6.45) is 0. The molecule has 0 bridgehead atoms. The van der Waals surface area contributed by atoms with Crippen molar-refractivity contribution < 1.29 is 22.7 Å². The van der Waals surface area contributed by atoms with Gasteiger partial charge in [-0.3, -0.25) is 9.52 Å². The fourth-order valence-electron chi connectivity index (χ4n) is 2.64. The maximum absolute atomic E-state index is 12.5. The minimum absolute atomic E-state index is 0.0229. The van der Waals surface area contributed by atoms with Gasteiger partial charge in [0, 0.05) is 5.69 Å². The number of hydrogen-bond acceptors (Lipinski definition) is 5. The summed E-state index contributed by atoms with van der Waals surface area (Å²) in [5.74, 6) is 0.706. The maximum atomic E-state index is 12.5. The standard InChI is InChI=1S/C22H20Cl2N2O5S/c1-2-30-17-6-3-15(4-7-17)25-22(27)14-31-18-8-10-19(11-9-18)32(28,29)26-16-5-12-20(23)21(24)13-16/h3-13,26H,2,14H2,1H3,(H,25,27). The van der Waals surface area contributed by atoms with Crippen LogP contribution in [0.1, 0.15) is 6.92 Å². The van der Waals surface area contributed by atoms with Crippen LogP contribution in [-0.2, 0) is 14.8 Å². The second kappa shape index (κ2) is 10.6. The summed E-state index contributed by atoms with van der Waals surface area (Å²) >= 11 is 11.8. The normalized spacial score (nSPS) is 11.0. The average Bonchev–Trinajstić information content (AvgIpc) is 2.76. The maximum Gasteiger partial charge on any atom is 0.262 e. The molecule has 0 aromatic heterocycles. The van der Waals surface area contributed by atoms with Crippen LogP contribution in [-0.4, -0.2) is 27.5 Å². The van der Waals surface area contributed by atoms with Gasteiger partial charge in [-0.05, 0) is 73.7 Å². The zero-order valence-electron chi connectivity index (χ0n) is 17.0. The lowest BCUT2D eigenvalue weighted by Crippen LogP contribution is -2.20. The Morgan fingerprint density at radius 3 is 2.06 bits per heavy atom. The van der Waals surface area contributed by atoms with E-state index in [9.17, 15) is 13.2 Å². The molecule has 0 spiro atoms. The molecule has 0 heterocycles. The summed E-state index contributed by atoms with van der Waals surface area (Å²) in [6.45, 7) is 2.22. The third-order valence-electron chi connectivity index (χ3n) is 4.12. The lowest BCUT2D eigenvalue weighted by atomic mass is 10.3. The number of sulfonamides is 1. The Hall–Kier alpha value is -2.94. The van der Waals surface area contributed by atoms with Crippen molar-refractivity contribution in [2.75, 3.05) is 23.3 Å². The van der Waals surface area contributed by atoms with Crippen LogP contribution >= 0.6 is 23.2 Å². The van der Waals surface area contributed by atoms with E-state index in [1.807, 2.05) is 6.92 Å². The molecule has 0 saturated heterocycles. The van der Waals surface area contributed by atoms with E-state index in [0.717, 1.165) is 0 Å². The predicted octanol–water partition coefficient (Wildman–Crippen LogP) is 5.21. The van der Waals surface area contributed by atoms with Crippen molar-refractivity contribution in [2.45, 2.75) is 11.8 Å². The Morgan fingerprint density at radius 1 is 0.844 bits per heavy atom. The van der Waals surface area contributed by atoms with Crippen molar-refractivity contribution in [3.63, 3.8) is 0 Å². The molecule has 0 saturated carbocycles. The number of ether oxygens (including phenoxy) is 2. The quantitative estimate of drug-likeness (QED) is 0.425. The molecule has 0 atom stereocenters. The molecule has 0 radical (unpaired) electrons.